The van der Waals surface area contributed by atoms with E-state index >= 15 is 0 Å². The number of hydrogen-bond donors (Lipinski definition) is 0. The zero-order valence-corrected chi connectivity index (χ0v) is 11.9. The summed E-state index contributed by atoms with van der Waals surface area (Å²) in [5.41, 5.74) is 1.58. The average molecular weight is 289 g/mol. The van der Waals surface area contributed by atoms with Gasteiger partial charge in [-0.2, -0.15) is 0 Å². The minimum absolute atomic E-state index is 0.280. The summed E-state index contributed by atoms with van der Waals surface area (Å²) in [4.78, 5) is 0. The van der Waals surface area contributed by atoms with Gasteiger partial charge in [-0.05, 0) is 35.9 Å². The number of methoxy groups -OCH3 is 1. The van der Waals surface area contributed by atoms with Crippen molar-refractivity contribution in [2.45, 2.75) is 6.61 Å². The molecule has 0 aliphatic carbocycles. The van der Waals surface area contributed by atoms with Gasteiger partial charge in [0.15, 0.2) is 17.7 Å². The second-order valence-corrected chi connectivity index (χ2v) is 4.50. The minimum Gasteiger partial charge on any atom is -0.624 e. The van der Waals surface area contributed by atoms with Crippen molar-refractivity contribution in [1.82, 2.24) is 0 Å². The summed E-state index contributed by atoms with van der Waals surface area (Å²) in [6.07, 6.45) is 1.44. The second-order valence-electron chi connectivity index (χ2n) is 4.50. The molecule has 0 saturated heterocycles. The van der Waals surface area contributed by atoms with Crippen LogP contribution in [-0.2, 0) is 6.61 Å². The van der Waals surface area contributed by atoms with Crippen molar-refractivity contribution >= 4 is 6.21 Å². The fourth-order valence-corrected chi connectivity index (χ4v) is 1.84. The maximum atomic E-state index is 12.8. The molecule has 0 atom stereocenters. The SMILES string of the molecule is COc1cc(/C=[N+](/C)[O-])ccc1OCc1ccc(F)cc1. The van der Waals surface area contributed by atoms with E-state index in [0.717, 1.165) is 11.1 Å². The zero-order chi connectivity index (χ0) is 15.2. The molecule has 0 N–H and O–H groups in total. The number of nitrogens with zero attached hydrogens (tertiary/aromatic N) is 1. The molecule has 4 nitrogen and oxygen atoms in total. The lowest BCUT2D eigenvalue weighted by atomic mass is 10.2. The fraction of sp³-hybridized carbons (Fsp3) is 0.188. The molecule has 0 radical (unpaired) electrons. The van der Waals surface area contributed by atoms with Crippen molar-refractivity contribution in [2.75, 3.05) is 14.2 Å². The van der Waals surface area contributed by atoms with Crippen LogP contribution in [-0.4, -0.2) is 25.1 Å². The molecule has 0 fully saturated rings. The highest BCUT2D eigenvalue weighted by molar-refractivity contribution is 5.77. The molecule has 0 unspecified atom stereocenters. The third kappa shape index (κ3) is 4.21. The van der Waals surface area contributed by atoms with Gasteiger partial charge in [0.05, 0.1) is 7.11 Å². The lowest BCUT2D eigenvalue weighted by Crippen LogP contribution is -2.00. The highest BCUT2D eigenvalue weighted by atomic mass is 19.1. The molecule has 0 heterocycles. The van der Waals surface area contributed by atoms with E-state index in [1.807, 2.05) is 0 Å². The third-order valence-electron chi connectivity index (χ3n) is 2.83. The molecule has 2 aromatic carbocycles. The molecule has 21 heavy (non-hydrogen) atoms. The van der Waals surface area contributed by atoms with Gasteiger partial charge in [0.2, 0.25) is 0 Å². The molecule has 0 spiro atoms. The molecule has 110 valence electrons. The van der Waals surface area contributed by atoms with E-state index in [2.05, 4.69) is 0 Å². The van der Waals surface area contributed by atoms with Gasteiger partial charge in [-0.1, -0.05) is 12.1 Å². The van der Waals surface area contributed by atoms with Gasteiger partial charge in [0, 0.05) is 5.56 Å². The summed E-state index contributed by atoms with van der Waals surface area (Å²) in [6, 6.07) is 11.3. The van der Waals surface area contributed by atoms with Gasteiger partial charge in [-0.15, -0.1) is 0 Å². The van der Waals surface area contributed by atoms with Gasteiger partial charge in [0.1, 0.15) is 19.5 Å². The summed E-state index contributed by atoms with van der Waals surface area (Å²) in [5.74, 6) is 0.818. The summed E-state index contributed by atoms with van der Waals surface area (Å²) < 4.78 is 24.4. The van der Waals surface area contributed by atoms with Gasteiger partial charge in [-0.3, -0.25) is 0 Å². The molecule has 2 aromatic rings. The van der Waals surface area contributed by atoms with E-state index in [1.165, 1.54) is 32.5 Å². The van der Waals surface area contributed by atoms with E-state index in [4.69, 9.17) is 9.47 Å². The molecule has 5 heteroatoms. The van der Waals surface area contributed by atoms with Crippen LogP contribution in [0.3, 0.4) is 0 Å². The van der Waals surface area contributed by atoms with Crippen LogP contribution in [0.4, 0.5) is 4.39 Å². The predicted octanol–water partition coefficient (Wildman–Crippen LogP) is 2.97. The van der Waals surface area contributed by atoms with Crippen molar-refractivity contribution in [2.24, 2.45) is 0 Å². The predicted molar refractivity (Wildman–Crippen MR) is 78.4 cm³/mol. The third-order valence-corrected chi connectivity index (χ3v) is 2.83. The Morgan fingerprint density at radius 2 is 1.86 bits per heavy atom. The summed E-state index contributed by atoms with van der Waals surface area (Å²) in [7, 11) is 2.94. The van der Waals surface area contributed by atoms with Crippen LogP contribution in [0.15, 0.2) is 42.5 Å². The van der Waals surface area contributed by atoms with Gasteiger partial charge in [-0.25, -0.2) is 9.13 Å². The number of benzene rings is 2. The standard InChI is InChI=1S/C16H16FNO3/c1-18(19)10-13-5-8-15(16(9-13)20-2)21-11-12-3-6-14(17)7-4-12/h3-10H,11H2,1-2H3/b18-10-. The second kappa shape index (κ2) is 6.74. The molecule has 0 aliphatic rings. The van der Waals surface area contributed by atoms with Crippen LogP contribution in [0, 0.1) is 11.0 Å². The van der Waals surface area contributed by atoms with Crippen LogP contribution < -0.4 is 9.47 Å². The lowest BCUT2D eigenvalue weighted by molar-refractivity contribution is -0.416. The average Bonchev–Trinajstić information content (AvgIpc) is 2.47. The summed E-state index contributed by atoms with van der Waals surface area (Å²) in [5, 5.41) is 11.0. The maximum absolute atomic E-state index is 12.8. The molecule has 0 bridgehead atoms. The first kappa shape index (κ1) is 14.8. The summed E-state index contributed by atoms with van der Waals surface area (Å²) >= 11 is 0. The quantitative estimate of drug-likeness (QED) is 0.368. The van der Waals surface area contributed by atoms with E-state index in [1.54, 1.807) is 30.3 Å². The molecule has 0 amide bonds. The monoisotopic (exact) mass is 289 g/mol. The zero-order valence-electron chi connectivity index (χ0n) is 11.9. The molecule has 0 aromatic heterocycles. The Morgan fingerprint density at radius 3 is 2.48 bits per heavy atom. The van der Waals surface area contributed by atoms with Crippen LogP contribution in [0.25, 0.3) is 0 Å². The number of ether oxygens (including phenoxy) is 2. The Labute approximate surface area is 122 Å². The van der Waals surface area contributed by atoms with Crippen molar-refractivity contribution < 1.29 is 18.6 Å². The first-order valence-electron chi connectivity index (χ1n) is 6.38. The Kier molecular flexibility index (Phi) is 4.77. The minimum atomic E-state index is -0.280. The lowest BCUT2D eigenvalue weighted by Gasteiger charge is -2.11. The number of rotatable bonds is 5. The number of hydroxylamine groups is 1. The van der Waals surface area contributed by atoms with Gasteiger partial charge >= 0.3 is 0 Å². The van der Waals surface area contributed by atoms with Crippen LogP contribution in [0.1, 0.15) is 11.1 Å². The molecule has 0 aliphatic heterocycles. The largest absolute Gasteiger partial charge is 0.624 e. The van der Waals surface area contributed by atoms with Crippen molar-refractivity contribution in [3.63, 3.8) is 0 Å². The highest BCUT2D eigenvalue weighted by Crippen LogP contribution is 2.28. The van der Waals surface area contributed by atoms with E-state index in [9.17, 15) is 9.60 Å². The first-order valence-corrected chi connectivity index (χ1v) is 6.38. The Hall–Kier alpha value is -2.56. The summed E-state index contributed by atoms with van der Waals surface area (Å²) in [6.45, 7) is 0.307. The normalized spacial score (nSPS) is 11.3. The van der Waals surface area contributed by atoms with E-state index in [-0.39, 0.29) is 5.82 Å². The maximum Gasteiger partial charge on any atom is 0.181 e. The fourth-order valence-electron chi connectivity index (χ4n) is 1.84. The van der Waals surface area contributed by atoms with Crippen molar-refractivity contribution in [3.05, 3.63) is 64.6 Å². The molecular weight excluding hydrogens is 273 g/mol. The van der Waals surface area contributed by atoms with E-state index in [0.29, 0.717) is 22.8 Å². The van der Waals surface area contributed by atoms with Crippen molar-refractivity contribution in [1.29, 1.82) is 0 Å². The van der Waals surface area contributed by atoms with Crippen LogP contribution in [0.2, 0.25) is 0 Å². The molecular formula is C16H16FNO3. The Bertz CT molecular complexity index is 634. The highest BCUT2D eigenvalue weighted by Gasteiger charge is 2.07. The first-order chi connectivity index (χ1) is 10.1. The topological polar surface area (TPSA) is 44.5 Å². The molecule has 2 rings (SSSR count). The smallest absolute Gasteiger partial charge is 0.181 e. The Morgan fingerprint density at radius 1 is 1.14 bits per heavy atom. The number of halogens is 1. The molecule has 0 saturated carbocycles. The van der Waals surface area contributed by atoms with Crippen LogP contribution in [0.5, 0.6) is 11.5 Å². The van der Waals surface area contributed by atoms with Crippen LogP contribution >= 0.6 is 0 Å². The Balaban J connectivity index is 2.12. The number of hydrogen-bond acceptors (Lipinski definition) is 3. The van der Waals surface area contributed by atoms with E-state index < -0.39 is 0 Å². The van der Waals surface area contributed by atoms with Gasteiger partial charge < -0.3 is 14.7 Å². The van der Waals surface area contributed by atoms with Gasteiger partial charge in [0.25, 0.3) is 0 Å². The van der Waals surface area contributed by atoms with Crippen molar-refractivity contribution in [3.8, 4) is 11.5 Å².